The van der Waals surface area contributed by atoms with Crippen LogP contribution in [-0.2, 0) is 9.59 Å². The molecule has 0 radical (unpaired) electrons. The number of benzene rings is 1. The van der Waals surface area contributed by atoms with Crippen LogP contribution in [0.3, 0.4) is 0 Å². The van der Waals surface area contributed by atoms with Gasteiger partial charge in [-0.3, -0.25) is 9.59 Å². The molecule has 0 heterocycles. The average Bonchev–Trinajstić information content (AvgIpc) is 2.69. The lowest BCUT2D eigenvalue weighted by Gasteiger charge is -2.00. The molecule has 1 aromatic rings. The van der Waals surface area contributed by atoms with Crippen LogP contribution in [0.25, 0.3) is 0 Å². The first-order chi connectivity index (χ1) is 13.2. The van der Waals surface area contributed by atoms with Crippen LogP contribution in [-0.4, -0.2) is 37.1 Å². The standard InChI is InChI=1S/C22H28N2O3/c1-23-21(26)22(27)24-17-11-10-16-20-15-9-8-14-19(20)13-7-5-3-2-4-6-12-18-25/h8-9,14-15,25H,2-6,11-12,17-18H2,1H3,(H,23,26)(H,24,27). The molecule has 0 fully saturated rings. The van der Waals surface area contributed by atoms with Crippen LogP contribution in [0, 0.1) is 23.7 Å². The Kier molecular flexibility index (Phi) is 11.9. The number of likely N-dealkylation sites (N-methyl/N-ethyl adjacent to an activating group) is 1. The van der Waals surface area contributed by atoms with Gasteiger partial charge < -0.3 is 15.7 Å². The SMILES string of the molecule is CNC(=O)C(=O)NCCC#Cc1ccccc1C#CCCCCCCCO. The number of unbranched alkanes of at least 4 members (excludes halogenated alkanes) is 5. The lowest BCUT2D eigenvalue weighted by molar-refractivity contribution is -0.138. The highest BCUT2D eigenvalue weighted by molar-refractivity contribution is 6.34. The highest BCUT2D eigenvalue weighted by Gasteiger charge is 2.08. The Labute approximate surface area is 161 Å². The summed E-state index contributed by atoms with van der Waals surface area (Å²) in [5.74, 6) is 11.2. The third-order valence-corrected chi connectivity index (χ3v) is 3.80. The highest BCUT2D eigenvalue weighted by atomic mass is 16.3. The van der Waals surface area contributed by atoms with Gasteiger partial charge in [0.25, 0.3) is 0 Å². The van der Waals surface area contributed by atoms with Gasteiger partial charge in [-0.15, -0.1) is 0 Å². The van der Waals surface area contributed by atoms with E-state index in [2.05, 4.69) is 34.3 Å². The summed E-state index contributed by atoms with van der Waals surface area (Å²) in [6.45, 7) is 0.599. The van der Waals surface area contributed by atoms with Gasteiger partial charge in [-0.1, -0.05) is 55.1 Å². The molecule has 0 aliphatic rings. The maximum atomic E-state index is 11.3. The summed E-state index contributed by atoms with van der Waals surface area (Å²) in [4.78, 5) is 22.4. The van der Waals surface area contributed by atoms with Crippen molar-refractivity contribution in [3.05, 3.63) is 35.4 Å². The molecule has 0 saturated carbocycles. The molecule has 0 aromatic heterocycles. The van der Waals surface area contributed by atoms with Crippen molar-refractivity contribution in [2.24, 2.45) is 0 Å². The lowest BCUT2D eigenvalue weighted by Crippen LogP contribution is -2.38. The summed E-state index contributed by atoms with van der Waals surface area (Å²) in [6, 6.07) is 7.73. The summed E-state index contributed by atoms with van der Waals surface area (Å²) in [7, 11) is 1.41. The minimum absolute atomic E-state index is 0.276. The highest BCUT2D eigenvalue weighted by Crippen LogP contribution is 2.07. The number of nitrogens with one attached hydrogen (secondary N) is 2. The van der Waals surface area contributed by atoms with Crippen LogP contribution in [0.2, 0.25) is 0 Å². The number of amides is 2. The maximum absolute atomic E-state index is 11.3. The molecule has 0 atom stereocenters. The Hall–Kier alpha value is -2.76. The summed E-state index contributed by atoms with van der Waals surface area (Å²) >= 11 is 0. The van der Waals surface area contributed by atoms with Crippen molar-refractivity contribution in [2.45, 2.75) is 44.9 Å². The van der Waals surface area contributed by atoms with Gasteiger partial charge in [0.05, 0.1) is 0 Å². The van der Waals surface area contributed by atoms with Crippen LogP contribution in [0.1, 0.15) is 56.1 Å². The third-order valence-electron chi connectivity index (χ3n) is 3.80. The molecule has 27 heavy (non-hydrogen) atoms. The fourth-order valence-corrected chi connectivity index (χ4v) is 2.30. The molecule has 144 valence electrons. The van der Waals surface area contributed by atoms with Crippen LogP contribution >= 0.6 is 0 Å². The second kappa shape index (κ2) is 14.4. The number of carbonyl (C=O) groups excluding carboxylic acids is 2. The smallest absolute Gasteiger partial charge is 0.309 e. The molecule has 0 aliphatic heterocycles. The summed E-state index contributed by atoms with van der Waals surface area (Å²) < 4.78 is 0. The molecule has 0 spiro atoms. The topological polar surface area (TPSA) is 78.4 Å². The van der Waals surface area contributed by atoms with Gasteiger partial charge in [-0.2, -0.15) is 0 Å². The zero-order valence-corrected chi connectivity index (χ0v) is 15.9. The Morgan fingerprint density at radius 1 is 0.889 bits per heavy atom. The number of hydrogen-bond donors (Lipinski definition) is 3. The lowest BCUT2D eigenvalue weighted by atomic mass is 10.1. The van der Waals surface area contributed by atoms with E-state index in [1.165, 1.54) is 7.05 Å². The van der Waals surface area contributed by atoms with Crippen molar-refractivity contribution >= 4 is 11.8 Å². The van der Waals surface area contributed by atoms with Crippen LogP contribution in [0.4, 0.5) is 0 Å². The molecule has 0 unspecified atom stereocenters. The second-order valence-electron chi connectivity index (χ2n) is 5.98. The molecule has 0 aliphatic carbocycles. The first kappa shape index (κ1) is 22.3. The number of rotatable bonds is 8. The Morgan fingerprint density at radius 2 is 1.48 bits per heavy atom. The zero-order chi connectivity index (χ0) is 19.7. The van der Waals surface area contributed by atoms with Gasteiger partial charge in [0, 0.05) is 44.2 Å². The van der Waals surface area contributed by atoms with E-state index in [9.17, 15) is 9.59 Å². The van der Waals surface area contributed by atoms with E-state index in [1.54, 1.807) is 0 Å². The van der Waals surface area contributed by atoms with Crippen LogP contribution < -0.4 is 10.6 Å². The van der Waals surface area contributed by atoms with Gasteiger partial charge in [0.15, 0.2) is 0 Å². The molecule has 3 N–H and O–H groups in total. The molecule has 2 amide bonds. The zero-order valence-electron chi connectivity index (χ0n) is 15.9. The molecular formula is C22H28N2O3. The van der Waals surface area contributed by atoms with Crippen LogP contribution in [0.15, 0.2) is 24.3 Å². The van der Waals surface area contributed by atoms with E-state index in [-0.39, 0.29) is 6.61 Å². The summed E-state index contributed by atoms with van der Waals surface area (Å²) in [6.07, 6.45) is 6.61. The molecule has 0 saturated heterocycles. The van der Waals surface area contributed by atoms with Gasteiger partial charge in [-0.25, -0.2) is 0 Å². The number of aliphatic hydroxyl groups is 1. The summed E-state index contributed by atoms with van der Waals surface area (Å²) in [5.41, 5.74) is 1.77. The molecule has 0 bridgehead atoms. The van der Waals surface area contributed by atoms with Crippen molar-refractivity contribution < 1.29 is 14.7 Å². The van der Waals surface area contributed by atoms with Gasteiger partial charge in [0.1, 0.15) is 0 Å². The third kappa shape index (κ3) is 10.1. The average molecular weight is 368 g/mol. The normalized spacial score (nSPS) is 9.41. The van der Waals surface area contributed by atoms with Crippen molar-refractivity contribution in [1.82, 2.24) is 10.6 Å². The Balaban J connectivity index is 2.43. The molecular weight excluding hydrogens is 340 g/mol. The fourth-order valence-electron chi connectivity index (χ4n) is 2.30. The number of carbonyl (C=O) groups is 2. The van der Waals surface area contributed by atoms with Gasteiger partial charge in [-0.05, 0) is 25.0 Å². The summed E-state index contributed by atoms with van der Waals surface area (Å²) in [5, 5.41) is 13.5. The minimum atomic E-state index is -0.656. The van der Waals surface area contributed by atoms with E-state index in [0.717, 1.165) is 49.7 Å². The number of hydrogen-bond acceptors (Lipinski definition) is 3. The molecule has 1 rings (SSSR count). The van der Waals surface area contributed by atoms with E-state index >= 15 is 0 Å². The maximum Gasteiger partial charge on any atom is 0.309 e. The van der Waals surface area contributed by atoms with E-state index in [1.807, 2.05) is 24.3 Å². The van der Waals surface area contributed by atoms with Crippen molar-refractivity contribution in [3.63, 3.8) is 0 Å². The fraction of sp³-hybridized carbons (Fsp3) is 0.455. The Morgan fingerprint density at radius 3 is 2.11 bits per heavy atom. The monoisotopic (exact) mass is 368 g/mol. The number of aliphatic hydroxyl groups excluding tert-OH is 1. The molecule has 5 heteroatoms. The second-order valence-corrected chi connectivity index (χ2v) is 5.98. The Bertz CT molecular complexity index is 720. The van der Waals surface area contributed by atoms with Crippen molar-refractivity contribution in [2.75, 3.05) is 20.2 Å². The quantitative estimate of drug-likeness (QED) is 0.373. The van der Waals surface area contributed by atoms with Crippen LogP contribution in [0.5, 0.6) is 0 Å². The first-order valence-corrected chi connectivity index (χ1v) is 9.36. The predicted molar refractivity (Wildman–Crippen MR) is 107 cm³/mol. The minimum Gasteiger partial charge on any atom is -0.396 e. The molecule has 1 aromatic carbocycles. The molecule has 5 nitrogen and oxygen atoms in total. The largest absolute Gasteiger partial charge is 0.396 e. The first-order valence-electron chi connectivity index (χ1n) is 9.36. The predicted octanol–water partition coefficient (Wildman–Crippen LogP) is 1.97. The van der Waals surface area contributed by atoms with E-state index < -0.39 is 11.8 Å². The van der Waals surface area contributed by atoms with Crippen molar-refractivity contribution in [3.8, 4) is 23.7 Å². The van der Waals surface area contributed by atoms with E-state index in [4.69, 9.17) is 5.11 Å². The van der Waals surface area contributed by atoms with Gasteiger partial charge in [0.2, 0.25) is 0 Å². The van der Waals surface area contributed by atoms with Crippen molar-refractivity contribution in [1.29, 1.82) is 0 Å². The van der Waals surface area contributed by atoms with E-state index in [0.29, 0.717) is 13.0 Å². The van der Waals surface area contributed by atoms with Gasteiger partial charge >= 0.3 is 11.8 Å².